The van der Waals surface area contributed by atoms with Gasteiger partial charge >= 0.3 is 0 Å². The lowest BCUT2D eigenvalue weighted by molar-refractivity contribution is 0.383. The van der Waals surface area contributed by atoms with Gasteiger partial charge in [-0.25, -0.2) is 23.4 Å². The van der Waals surface area contributed by atoms with Crippen LogP contribution in [0.2, 0.25) is 0 Å². The zero-order valence-corrected chi connectivity index (χ0v) is 20.9. The van der Waals surface area contributed by atoms with Crippen molar-refractivity contribution in [1.29, 1.82) is 0 Å². The molecule has 0 saturated carbocycles. The Bertz CT molecular complexity index is 1440. The van der Waals surface area contributed by atoms with E-state index in [0.717, 1.165) is 34.2 Å². The average molecular weight is 489 g/mol. The number of piperazine rings is 1. The molecule has 0 aliphatic carbocycles. The van der Waals surface area contributed by atoms with E-state index in [4.69, 9.17) is 0 Å². The number of aromatic nitrogens is 4. The summed E-state index contributed by atoms with van der Waals surface area (Å²) in [5.74, 6) is 2.22. The molecular weight excluding hydrogens is 460 g/mol. The molecule has 8 nitrogen and oxygen atoms in total. The van der Waals surface area contributed by atoms with Crippen LogP contribution in [0.4, 0.5) is 5.82 Å². The lowest BCUT2D eigenvalue weighted by Gasteiger charge is -2.34. The fraction of sp³-hybridized carbons (Fsp3) is 0.269. The molecule has 0 N–H and O–H groups in total. The molecule has 35 heavy (non-hydrogen) atoms. The predicted octanol–water partition coefficient (Wildman–Crippen LogP) is 3.77. The van der Waals surface area contributed by atoms with Crippen molar-refractivity contribution in [2.24, 2.45) is 0 Å². The molecular formula is C26H28N6O2S. The molecule has 0 atom stereocenters. The molecule has 1 saturated heterocycles. The Labute approximate surface area is 206 Å². The third-order valence-electron chi connectivity index (χ3n) is 6.47. The number of sulfonamides is 1. The summed E-state index contributed by atoms with van der Waals surface area (Å²) in [7, 11) is -3.57. The third kappa shape index (κ3) is 4.56. The maximum atomic E-state index is 13.3. The first-order chi connectivity index (χ1) is 16.8. The van der Waals surface area contributed by atoms with E-state index in [-0.39, 0.29) is 0 Å². The van der Waals surface area contributed by atoms with Crippen LogP contribution in [0.1, 0.15) is 17.2 Å². The molecule has 1 aliphatic heterocycles. The first kappa shape index (κ1) is 23.2. The summed E-state index contributed by atoms with van der Waals surface area (Å²) in [6.07, 6.45) is 1.77. The highest BCUT2D eigenvalue weighted by Crippen LogP contribution is 2.25. The van der Waals surface area contributed by atoms with E-state index in [1.807, 2.05) is 73.9 Å². The molecule has 2 aromatic heterocycles. The van der Waals surface area contributed by atoms with E-state index < -0.39 is 10.0 Å². The van der Waals surface area contributed by atoms with Gasteiger partial charge in [0, 0.05) is 37.9 Å². The van der Waals surface area contributed by atoms with E-state index in [0.29, 0.717) is 36.9 Å². The quantitative estimate of drug-likeness (QED) is 0.425. The summed E-state index contributed by atoms with van der Waals surface area (Å²) in [6.45, 7) is 7.74. The fourth-order valence-electron chi connectivity index (χ4n) is 4.31. The SMILES string of the molecule is Cc1nc(N2CCN(S(=O)(=O)c3ccc(-c4ccccc4)cc3)CC2)cc(-n2cnc(C)c2C)n1. The Morgan fingerprint density at radius 3 is 2.03 bits per heavy atom. The van der Waals surface area contributed by atoms with Crippen LogP contribution in [0, 0.1) is 20.8 Å². The van der Waals surface area contributed by atoms with Crippen molar-refractivity contribution in [3.63, 3.8) is 0 Å². The molecule has 4 aromatic rings. The Kier molecular flexibility index (Phi) is 6.12. The van der Waals surface area contributed by atoms with E-state index in [1.54, 1.807) is 22.8 Å². The average Bonchev–Trinajstić information content (AvgIpc) is 3.22. The number of nitrogens with zero attached hydrogens (tertiary/aromatic N) is 6. The highest BCUT2D eigenvalue weighted by Gasteiger charge is 2.29. The van der Waals surface area contributed by atoms with Gasteiger partial charge in [0.1, 0.15) is 23.8 Å². The van der Waals surface area contributed by atoms with E-state index in [1.165, 1.54) is 0 Å². The summed E-state index contributed by atoms with van der Waals surface area (Å²) < 4.78 is 30.1. The van der Waals surface area contributed by atoms with Crippen LogP contribution in [0.15, 0.2) is 71.9 Å². The van der Waals surface area contributed by atoms with Crippen LogP contribution in [0.5, 0.6) is 0 Å². The fourth-order valence-corrected chi connectivity index (χ4v) is 5.73. The van der Waals surface area contributed by atoms with Gasteiger partial charge in [-0.1, -0.05) is 42.5 Å². The lowest BCUT2D eigenvalue weighted by atomic mass is 10.1. The molecule has 0 amide bonds. The van der Waals surface area contributed by atoms with Crippen molar-refractivity contribution in [3.8, 4) is 16.9 Å². The second-order valence-electron chi connectivity index (χ2n) is 8.70. The summed E-state index contributed by atoms with van der Waals surface area (Å²) in [4.78, 5) is 16.0. The Morgan fingerprint density at radius 1 is 0.771 bits per heavy atom. The van der Waals surface area contributed by atoms with Gasteiger partial charge in [0.15, 0.2) is 0 Å². The highest BCUT2D eigenvalue weighted by atomic mass is 32.2. The maximum Gasteiger partial charge on any atom is 0.243 e. The highest BCUT2D eigenvalue weighted by molar-refractivity contribution is 7.89. The monoisotopic (exact) mass is 488 g/mol. The van der Waals surface area contributed by atoms with Crippen LogP contribution >= 0.6 is 0 Å². The topological polar surface area (TPSA) is 84.2 Å². The lowest BCUT2D eigenvalue weighted by Crippen LogP contribution is -2.49. The minimum atomic E-state index is -3.57. The Balaban J connectivity index is 1.31. The van der Waals surface area contributed by atoms with Gasteiger partial charge in [-0.3, -0.25) is 4.57 Å². The van der Waals surface area contributed by atoms with Gasteiger partial charge in [-0.2, -0.15) is 4.31 Å². The summed E-state index contributed by atoms with van der Waals surface area (Å²) in [5.41, 5.74) is 4.04. The van der Waals surface area contributed by atoms with E-state index in [2.05, 4.69) is 19.9 Å². The standard InChI is InChI=1S/C26H28N6O2S/c1-19-20(2)32(18-27-19)26-17-25(28-21(3)29-26)30-13-15-31(16-14-30)35(33,34)24-11-9-23(10-12-24)22-7-5-4-6-8-22/h4-12,17-18H,13-16H2,1-3H3. The molecule has 0 radical (unpaired) electrons. The minimum Gasteiger partial charge on any atom is -0.354 e. The number of benzene rings is 2. The number of anilines is 1. The van der Waals surface area contributed by atoms with Crippen LogP contribution in [0.3, 0.4) is 0 Å². The van der Waals surface area contributed by atoms with Gasteiger partial charge in [0.05, 0.1) is 10.6 Å². The van der Waals surface area contributed by atoms with Gasteiger partial charge in [0.25, 0.3) is 0 Å². The number of rotatable bonds is 5. The van der Waals surface area contributed by atoms with Gasteiger partial charge in [0.2, 0.25) is 10.0 Å². The third-order valence-corrected chi connectivity index (χ3v) is 8.38. The number of imidazole rings is 1. The maximum absolute atomic E-state index is 13.3. The van der Waals surface area contributed by atoms with Crippen molar-refractivity contribution < 1.29 is 8.42 Å². The molecule has 1 fully saturated rings. The minimum absolute atomic E-state index is 0.316. The Hall–Kier alpha value is -3.56. The smallest absolute Gasteiger partial charge is 0.243 e. The van der Waals surface area contributed by atoms with E-state index >= 15 is 0 Å². The zero-order chi connectivity index (χ0) is 24.6. The van der Waals surface area contributed by atoms with Gasteiger partial charge < -0.3 is 4.90 Å². The van der Waals surface area contributed by atoms with Crippen molar-refractivity contribution >= 4 is 15.8 Å². The van der Waals surface area contributed by atoms with Crippen LogP contribution in [0.25, 0.3) is 16.9 Å². The zero-order valence-electron chi connectivity index (χ0n) is 20.1. The summed E-state index contributed by atoms with van der Waals surface area (Å²) in [6, 6.07) is 19.0. The largest absolute Gasteiger partial charge is 0.354 e. The molecule has 0 spiro atoms. The predicted molar refractivity (Wildman–Crippen MR) is 136 cm³/mol. The number of hydrogen-bond donors (Lipinski definition) is 0. The van der Waals surface area contributed by atoms with Crippen molar-refractivity contribution in [1.82, 2.24) is 23.8 Å². The van der Waals surface area contributed by atoms with E-state index in [9.17, 15) is 8.42 Å². The summed E-state index contributed by atoms with van der Waals surface area (Å²) in [5, 5.41) is 0. The molecule has 1 aliphatic rings. The van der Waals surface area contributed by atoms with Crippen molar-refractivity contribution in [2.75, 3.05) is 31.1 Å². The van der Waals surface area contributed by atoms with Gasteiger partial charge in [-0.15, -0.1) is 0 Å². The Morgan fingerprint density at radius 2 is 1.40 bits per heavy atom. The summed E-state index contributed by atoms with van der Waals surface area (Å²) >= 11 is 0. The van der Waals surface area contributed by atoms with Crippen molar-refractivity contribution in [2.45, 2.75) is 25.7 Å². The van der Waals surface area contributed by atoms with Crippen LogP contribution < -0.4 is 4.90 Å². The number of aryl methyl sites for hydroxylation is 2. The van der Waals surface area contributed by atoms with Crippen LogP contribution in [-0.4, -0.2) is 58.4 Å². The molecule has 0 unspecified atom stereocenters. The second kappa shape index (κ2) is 9.24. The van der Waals surface area contributed by atoms with Crippen molar-refractivity contribution in [3.05, 3.63) is 84.2 Å². The second-order valence-corrected chi connectivity index (χ2v) is 10.6. The molecule has 9 heteroatoms. The molecule has 3 heterocycles. The number of hydrogen-bond acceptors (Lipinski definition) is 6. The molecule has 0 bridgehead atoms. The normalized spacial score (nSPS) is 14.9. The molecule has 2 aromatic carbocycles. The molecule has 180 valence electrons. The first-order valence-electron chi connectivity index (χ1n) is 11.6. The van der Waals surface area contributed by atoms with Crippen LogP contribution in [-0.2, 0) is 10.0 Å². The molecule has 5 rings (SSSR count). The van der Waals surface area contributed by atoms with Gasteiger partial charge in [-0.05, 0) is 44.0 Å². The first-order valence-corrected chi connectivity index (χ1v) is 13.0.